The highest BCUT2D eigenvalue weighted by atomic mass is 14.3. The fourth-order valence-electron chi connectivity index (χ4n) is 5.42. The van der Waals surface area contributed by atoms with E-state index in [1.54, 1.807) is 0 Å². The van der Waals surface area contributed by atoms with E-state index in [1.165, 1.54) is 82.6 Å². The summed E-state index contributed by atoms with van der Waals surface area (Å²) in [4.78, 5) is 0. The van der Waals surface area contributed by atoms with Crippen LogP contribution in [0.1, 0.15) is 108 Å². The summed E-state index contributed by atoms with van der Waals surface area (Å²) in [5, 5.41) is 0. The first-order valence-corrected chi connectivity index (χ1v) is 12.1. The van der Waals surface area contributed by atoms with Gasteiger partial charge in [0.2, 0.25) is 0 Å². The van der Waals surface area contributed by atoms with E-state index in [9.17, 15) is 0 Å². The number of hydrogen-bond acceptors (Lipinski definition) is 0. The molecule has 0 nitrogen and oxygen atoms in total. The van der Waals surface area contributed by atoms with Gasteiger partial charge >= 0.3 is 0 Å². The topological polar surface area (TPSA) is 0 Å². The van der Waals surface area contributed by atoms with Crippen LogP contribution >= 0.6 is 0 Å². The maximum absolute atomic E-state index is 3.33. The molecule has 0 saturated heterocycles. The first-order chi connectivity index (χ1) is 13.8. The summed E-state index contributed by atoms with van der Waals surface area (Å²) in [5.41, 5.74) is 2.68. The van der Waals surface area contributed by atoms with Crippen molar-refractivity contribution in [2.75, 3.05) is 0 Å². The molecule has 1 aromatic carbocycles. The molecule has 152 valence electrons. The largest absolute Gasteiger partial charge is 0.0730 e. The molecule has 0 amide bonds. The maximum atomic E-state index is 3.33. The average Bonchev–Trinajstić information content (AvgIpc) is 2.74. The number of hydrogen-bond donors (Lipinski definition) is 0. The Labute approximate surface area is 174 Å². The molecule has 2 aliphatic carbocycles. The fourth-order valence-corrected chi connectivity index (χ4v) is 5.42. The Morgan fingerprint density at radius 3 is 1.93 bits per heavy atom. The Kier molecular flexibility index (Phi) is 8.72. The Bertz CT molecular complexity index is 638. The van der Waals surface area contributed by atoms with Crippen molar-refractivity contribution in [2.24, 2.45) is 17.8 Å². The lowest BCUT2D eigenvalue weighted by atomic mass is 9.77. The Hall–Kier alpha value is -1.48. The van der Waals surface area contributed by atoms with Gasteiger partial charge in [-0.2, -0.15) is 0 Å². The van der Waals surface area contributed by atoms with Crippen LogP contribution in [0, 0.1) is 29.6 Å². The molecule has 0 radical (unpaired) electrons. The lowest BCUT2D eigenvalue weighted by molar-refractivity contribution is 0.294. The van der Waals surface area contributed by atoms with Crippen LogP contribution < -0.4 is 0 Å². The second-order valence-corrected chi connectivity index (χ2v) is 9.33. The van der Waals surface area contributed by atoms with E-state index < -0.39 is 0 Å². The molecule has 0 heteroatoms. The molecule has 2 fully saturated rings. The zero-order valence-corrected chi connectivity index (χ0v) is 18.3. The second-order valence-electron chi connectivity index (χ2n) is 9.33. The van der Waals surface area contributed by atoms with Crippen LogP contribution in [0.2, 0.25) is 0 Å². The standard InChI is InChI=1S/C28H40/c1-3-7-23-11-13-25(14-12-23)9-5-6-10-26-17-21-28(22-18-26)27-19-15-24(8-4-2)16-20-27/h5,9,17-18,21-25,27H,3-4,7-8,11-16,19-20H2,1-2H3/t23-,24-,25-,27-. The lowest BCUT2D eigenvalue weighted by Gasteiger charge is -2.28. The van der Waals surface area contributed by atoms with Crippen LogP contribution in [0.5, 0.6) is 0 Å². The SMILES string of the molecule is CCC[C@H]1CC[C@H](C=CC#Cc2ccc([C@H]3CC[C@H](CCC)CC3)cc2)CC1. The summed E-state index contributed by atoms with van der Waals surface area (Å²) in [6.45, 7) is 4.63. The first kappa shape index (κ1) is 21.2. The van der Waals surface area contributed by atoms with Gasteiger partial charge in [-0.25, -0.2) is 0 Å². The highest BCUT2D eigenvalue weighted by Gasteiger charge is 2.21. The van der Waals surface area contributed by atoms with Crippen molar-refractivity contribution < 1.29 is 0 Å². The molecule has 1 aromatic rings. The Morgan fingerprint density at radius 1 is 0.786 bits per heavy atom. The van der Waals surface area contributed by atoms with E-state index in [1.807, 2.05) is 0 Å². The highest BCUT2D eigenvalue weighted by Crippen LogP contribution is 2.37. The third-order valence-electron chi connectivity index (χ3n) is 7.18. The molecule has 0 bridgehead atoms. The van der Waals surface area contributed by atoms with Crippen LogP contribution in [0.25, 0.3) is 0 Å². The molecule has 0 aromatic heterocycles. The normalized spacial score (nSPS) is 28.1. The molecule has 0 unspecified atom stereocenters. The zero-order valence-electron chi connectivity index (χ0n) is 18.3. The molecular formula is C28H40. The lowest BCUT2D eigenvalue weighted by Crippen LogP contribution is -2.13. The van der Waals surface area contributed by atoms with Crippen LogP contribution in [0.3, 0.4) is 0 Å². The second kappa shape index (κ2) is 11.5. The van der Waals surface area contributed by atoms with Crippen LogP contribution in [-0.4, -0.2) is 0 Å². The van der Waals surface area contributed by atoms with E-state index in [0.29, 0.717) is 0 Å². The fraction of sp³-hybridized carbons (Fsp3) is 0.643. The molecule has 0 atom stereocenters. The van der Waals surface area contributed by atoms with Gasteiger partial charge in [-0.3, -0.25) is 0 Å². The van der Waals surface area contributed by atoms with Gasteiger partial charge in [0.25, 0.3) is 0 Å². The van der Waals surface area contributed by atoms with Gasteiger partial charge < -0.3 is 0 Å². The number of benzene rings is 1. The van der Waals surface area contributed by atoms with Crippen LogP contribution in [-0.2, 0) is 0 Å². The van der Waals surface area contributed by atoms with Crippen molar-refractivity contribution in [3.8, 4) is 11.8 Å². The van der Waals surface area contributed by atoms with Crippen molar-refractivity contribution in [2.45, 2.75) is 96.8 Å². The van der Waals surface area contributed by atoms with Crippen molar-refractivity contribution in [1.82, 2.24) is 0 Å². The molecule has 28 heavy (non-hydrogen) atoms. The molecule has 2 aliphatic rings. The van der Waals surface area contributed by atoms with E-state index in [-0.39, 0.29) is 0 Å². The molecule has 3 rings (SSSR count). The van der Waals surface area contributed by atoms with E-state index in [2.05, 4.69) is 62.1 Å². The maximum Gasteiger partial charge on any atom is 0.0249 e. The van der Waals surface area contributed by atoms with Gasteiger partial charge in [0.1, 0.15) is 0 Å². The minimum absolute atomic E-state index is 0.757. The summed E-state index contributed by atoms with van der Waals surface area (Å²) in [6, 6.07) is 9.11. The van der Waals surface area contributed by atoms with Crippen molar-refractivity contribution in [1.29, 1.82) is 0 Å². The van der Waals surface area contributed by atoms with Gasteiger partial charge in [-0.05, 0) is 98.8 Å². The smallest absolute Gasteiger partial charge is 0.0249 e. The van der Waals surface area contributed by atoms with Crippen molar-refractivity contribution in [3.05, 3.63) is 47.5 Å². The van der Waals surface area contributed by atoms with Crippen LogP contribution in [0.15, 0.2) is 36.4 Å². The third kappa shape index (κ3) is 6.55. The Morgan fingerprint density at radius 2 is 1.36 bits per heavy atom. The monoisotopic (exact) mass is 376 g/mol. The van der Waals surface area contributed by atoms with Gasteiger partial charge in [-0.15, -0.1) is 0 Å². The molecule has 0 heterocycles. The van der Waals surface area contributed by atoms with Crippen LogP contribution in [0.4, 0.5) is 0 Å². The highest BCUT2D eigenvalue weighted by molar-refractivity contribution is 5.39. The van der Waals surface area contributed by atoms with Crippen molar-refractivity contribution in [3.63, 3.8) is 0 Å². The molecular weight excluding hydrogens is 336 g/mol. The predicted octanol–water partition coefficient (Wildman–Crippen LogP) is 8.27. The summed E-state index contributed by atoms with van der Waals surface area (Å²) in [7, 11) is 0. The van der Waals surface area contributed by atoms with E-state index >= 15 is 0 Å². The number of allylic oxidation sites excluding steroid dienone is 2. The first-order valence-electron chi connectivity index (χ1n) is 12.1. The minimum Gasteiger partial charge on any atom is -0.0730 e. The van der Waals surface area contributed by atoms with Gasteiger partial charge in [-0.1, -0.05) is 69.6 Å². The summed E-state index contributed by atoms with van der Waals surface area (Å²) in [6.07, 6.45) is 21.1. The summed E-state index contributed by atoms with van der Waals surface area (Å²) >= 11 is 0. The Balaban J connectivity index is 1.44. The molecule has 0 aliphatic heterocycles. The average molecular weight is 377 g/mol. The predicted molar refractivity (Wildman–Crippen MR) is 122 cm³/mol. The molecule has 2 saturated carbocycles. The quantitative estimate of drug-likeness (QED) is 0.438. The number of rotatable bonds is 6. The summed E-state index contributed by atoms with van der Waals surface area (Å²) < 4.78 is 0. The molecule has 0 spiro atoms. The van der Waals surface area contributed by atoms with Gasteiger partial charge in [0.15, 0.2) is 0 Å². The third-order valence-corrected chi connectivity index (χ3v) is 7.18. The van der Waals surface area contributed by atoms with Gasteiger partial charge in [0.05, 0.1) is 0 Å². The molecule has 0 N–H and O–H groups in total. The zero-order chi connectivity index (χ0) is 19.6. The van der Waals surface area contributed by atoms with E-state index in [0.717, 1.165) is 29.2 Å². The van der Waals surface area contributed by atoms with Gasteiger partial charge in [0, 0.05) is 5.56 Å². The minimum atomic E-state index is 0.757. The van der Waals surface area contributed by atoms with E-state index in [4.69, 9.17) is 0 Å². The van der Waals surface area contributed by atoms with Crippen molar-refractivity contribution >= 4 is 0 Å². The summed E-state index contributed by atoms with van der Waals surface area (Å²) in [5.74, 6) is 10.1.